The number of rotatable bonds is 4. The van der Waals surface area contributed by atoms with Gasteiger partial charge in [-0.15, -0.1) is 0 Å². The number of hydrogen-bond acceptors (Lipinski definition) is 3. The number of fused-ring (bicyclic) bond motifs is 1. The first-order valence-corrected chi connectivity index (χ1v) is 9.61. The highest BCUT2D eigenvalue weighted by molar-refractivity contribution is 6.00. The van der Waals surface area contributed by atoms with Crippen molar-refractivity contribution in [3.63, 3.8) is 0 Å². The van der Waals surface area contributed by atoms with E-state index in [0.717, 1.165) is 30.8 Å². The molecule has 4 rings (SSSR count). The lowest BCUT2D eigenvalue weighted by molar-refractivity contribution is 0.0174. The zero-order valence-electron chi connectivity index (χ0n) is 16.1. The largest absolute Gasteiger partial charge is 0.457 e. The van der Waals surface area contributed by atoms with Gasteiger partial charge in [-0.05, 0) is 53.9 Å². The third-order valence-corrected chi connectivity index (χ3v) is 5.08. The number of benzene rings is 3. The van der Waals surface area contributed by atoms with Crippen LogP contribution in [0.4, 0.5) is 8.78 Å². The second kappa shape index (κ2) is 7.79. The molecule has 6 heteroatoms. The van der Waals surface area contributed by atoms with E-state index in [4.69, 9.17) is 4.74 Å². The van der Waals surface area contributed by atoms with Crippen LogP contribution in [0.15, 0.2) is 60.7 Å². The Morgan fingerprint density at radius 3 is 2.45 bits per heavy atom. The number of nitrogens with one attached hydrogen (secondary N) is 1. The Hall–Kier alpha value is -2.99. The average Bonchev–Trinajstić information content (AvgIpc) is 2.73. The summed E-state index contributed by atoms with van der Waals surface area (Å²) >= 11 is 0. The number of hydrogen-bond donors (Lipinski definition) is 1. The maximum atomic E-state index is 13.4. The van der Waals surface area contributed by atoms with E-state index >= 15 is 0 Å². The Labute approximate surface area is 168 Å². The number of amides is 1. The van der Waals surface area contributed by atoms with Crippen LogP contribution >= 0.6 is 0 Å². The second-order valence-corrected chi connectivity index (χ2v) is 7.25. The van der Waals surface area contributed by atoms with Crippen molar-refractivity contribution in [3.05, 3.63) is 71.8 Å². The molecular formula is C23H22F2N2O2. The van der Waals surface area contributed by atoms with Crippen molar-refractivity contribution >= 4 is 16.7 Å². The first kappa shape index (κ1) is 19.3. The van der Waals surface area contributed by atoms with Crippen LogP contribution in [0, 0.1) is 0 Å². The number of carbonyl (C=O) groups is 1. The molecule has 0 bridgehead atoms. The monoisotopic (exact) mass is 396 g/mol. The highest BCUT2D eigenvalue weighted by atomic mass is 19.3. The predicted octanol–water partition coefficient (Wildman–Crippen LogP) is 4.79. The number of alkyl halides is 2. The van der Waals surface area contributed by atoms with Gasteiger partial charge in [0.15, 0.2) is 0 Å². The minimum atomic E-state index is -2.88. The van der Waals surface area contributed by atoms with Gasteiger partial charge in [0.05, 0.1) is 0 Å². The maximum absolute atomic E-state index is 13.4. The van der Waals surface area contributed by atoms with Crippen LogP contribution in [-0.4, -0.2) is 37.0 Å². The molecule has 0 saturated carbocycles. The van der Waals surface area contributed by atoms with E-state index in [1.807, 2.05) is 35.2 Å². The number of carbonyl (C=O) groups excluding carboxylic acids is 1. The van der Waals surface area contributed by atoms with Crippen molar-refractivity contribution in [2.24, 2.45) is 0 Å². The molecule has 0 unspecified atom stereocenters. The number of piperazine rings is 1. The van der Waals surface area contributed by atoms with Gasteiger partial charge in [-0.2, -0.15) is 0 Å². The normalized spacial score (nSPS) is 14.8. The Morgan fingerprint density at radius 1 is 1.03 bits per heavy atom. The van der Waals surface area contributed by atoms with E-state index in [1.165, 1.54) is 24.3 Å². The Kier molecular flexibility index (Phi) is 5.20. The fourth-order valence-electron chi connectivity index (χ4n) is 3.47. The van der Waals surface area contributed by atoms with E-state index in [9.17, 15) is 13.6 Å². The zero-order valence-corrected chi connectivity index (χ0v) is 16.1. The van der Waals surface area contributed by atoms with Crippen LogP contribution in [0.25, 0.3) is 10.8 Å². The van der Waals surface area contributed by atoms with Crippen LogP contribution in [0.1, 0.15) is 22.8 Å². The van der Waals surface area contributed by atoms with Crippen LogP contribution in [0.3, 0.4) is 0 Å². The summed E-state index contributed by atoms with van der Waals surface area (Å²) in [6.45, 7) is 3.88. The molecule has 0 atom stereocenters. The molecule has 0 spiro atoms. The molecule has 1 amide bonds. The molecule has 0 aromatic heterocycles. The zero-order chi connectivity index (χ0) is 20.4. The maximum Gasteiger partial charge on any atom is 0.270 e. The molecule has 1 fully saturated rings. The second-order valence-electron chi connectivity index (χ2n) is 7.25. The summed E-state index contributed by atoms with van der Waals surface area (Å²) in [6, 6.07) is 16.9. The minimum Gasteiger partial charge on any atom is -0.457 e. The minimum absolute atomic E-state index is 0.0239. The summed E-state index contributed by atoms with van der Waals surface area (Å²) in [5.74, 6) is -1.77. The van der Waals surface area contributed by atoms with Crippen molar-refractivity contribution < 1.29 is 18.3 Å². The van der Waals surface area contributed by atoms with E-state index < -0.39 is 5.92 Å². The highest BCUT2D eigenvalue weighted by Crippen LogP contribution is 2.33. The Bertz CT molecular complexity index is 1020. The van der Waals surface area contributed by atoms with Gasteiger partial charge < -0.3 is 15.0 Å². The first-order valence-electron chi connectivity index (χ1n) is 9.61. The molecule has 150 valence electrons. The van der Waals surface area contributed by atoms with Gasteiger partial charge in [0, 0.05) is 49.6 Å². The fourth-order valence-corrected chi connectivity index (χ4v) is 3.47. The standard InChI is InChI=1S/C23H22F2N2O2/c1-23(24,25)18-6-8-19(9-7-18)29-21-4-2-3-16-15-17(5-10-20(16)21)22(28)27-13-11-26-12-14-27/h2-10,15,26H,11-14H2,1H3. The summed E-state index contributed by atoms with van der Waals surface area (Å²) in [7, 11) is 0. The SMILES string of the molecule is CC(F)(F)c1ccc(Oc2cccc3cc(C(=O)N4CCNCC4)ccc23)cc1. The Morgan fingerprint density at radius 2 is 1.76 bits per heavy atom. The summed E-state index contributed by atoms with van der Waals surface area (Å²) in [6.07, 6.45) is 0. The third kappa shape index (κ3) is 4.22. The van der Waals surface area contributed by atoms with E-state index in [-0.39, 0.29) is 11.5 Å². The van der Waals surface area contributed by atoms with Crippen molar-refractivity contribution in [2.45, 2.75) is 12.8 Å². The van der Waals surface area contributed by atoms with Crippen LogP contribution in [0.2, 0.25) is 0 Å². The molecule has 3 aromatic rings. The summed E-state index contributed by atoms with van der Waals surface area (Å²) in [5.41, 5.74) is 0.588. The van der Waals surface area contributed by atoms with Gasteiger partial charge >= 0.3 is 0 Å². The topological polar surface area (TPSA) is 41.6 Å². The number of ether oxygens (including phenoxy) is 1. The van der Waals surface area contributed by atoms with E-state index in [1.54, 1.807) is 6.07 Å². The Balaban J connectivity index is 1.58. The van der Waals surface area contributed by atoms with Crippen LogP contribution in [0.5, 0.6) is 11.5 Å². The summed E-state index contributed by atoms with van der Waals surface area (Å²) in [5, 5.41) is 4.99. The molecule has 1 N–H and O–H groups in total. The lowest BCUT2D eigenvalue weighted by Gasteiger charge is -2.27. The van der Waals surface area contributed by atoms with Gasteiger partial charge in [-0.25, -0.2) is 8.78 Å². The molecule has 4 nitrogen and oxygen atoms in total. The smallest absolute Gasteiger partial charge is 0.270 e. The molecule has 1 aliphatic rings. The first-order chi connectivity index (χ1) is 13.9. The summed E-state index contributed by atoms with van der Waals surface area (Å²) in [4.78, 5) is 14.6. The number of halogens is 2. The molecule has 1 saturated heterocycles. The van der Waals surface area contributed by atoms with Gasteiger partial charge in [0.25, 0.3) is 11.8 Å². The fraction of sp³-hybridized carbons (Fsp3) is 0.261. The van der Waals surface area contributed by atoms with Crippen LogP contribution < -0.4 is 10.1 Å². The molecule has 0 radical (unpaired) electrons. The van der Waals surface area contributed by atoms with Crippen molar-refractivity contribution in [3.8, 4) is 11.5 Å². The molecular weight excluding hydrogens is 374 g/mol. The average molecular weight is 396 g/mol. The quantitative estimate of drug-likeness (QED) is 0.690. The van der Waals surface area contributed by atoms with Crippen molar-refractivity contribution in [2.75, 3.05) is 26.2 Å². The van der Waals surface area contributed by atoms with Gasteiger partial charge in [0.2, 0.25) is 0 Å². The number of nitrogens with zero attached hydrogens (tertiary/aromatic N) is 1. The van der Waals surface area contributed by atoms with E-state index in [0.29, 0.717) is 30.2 Å². The summed E-state index contributed by atoms with van der Waals surface area (Å²) < 4.78 is 32.7. The molecule has 1 aliphatic heterocycles. The van der Waals surface area contributed by atoms with Crippen LogP contribution in [-0.2, 0) is 5.92 Å². The predicted molar refractivity (Wildman–Crippen MR) is 109 cm³/mol. The third-order valence-electron chi connectivity index (χ3n) is 5.08. The molecule has 1 heterocycles. The lowest BCUT2D eigenvalue weighted by atomic mass is 10.0. The van der Waals surface area contributed by atoms with Gasteiger partial charge in [0.1, 0.15) is 11.5 Å². The molecule has 29 heavy (non-hydrogen) atoms. The highest BCUT2D eigenvalue weighted by Gasteiger charge is 2.24. The van der Waals surface area contributed by atoms with E-state index in [2.05, 4.69) is 5.32 Å². The molecule has 0 aliphatic carbocycles. The molecule has 3 aromatic carbocycles. The van der Waals surface area contributed by atoms with Crippen molar-refractivity contribution in [1.29, 1.82) is 0 Å². The lowest BCUT2D eigenvalue weighted by Crippen LogP contribution is -2.46. The van der Waals surface area contributed by atoms with Gasteiger partial charge in [-0.1, -0.05) is 12.1 Å². The van der Waals surface area contributed by atoms with Crippen molar-refractivity contribution in [1.82, 2.24) is 10.2 Å². The van der Waals surface area contributed by atoms with Gasteiger partial charge in [-0.3, -0.25) is 4.79 Å².